The molecule has 1 atom stereocenters. The summed E-state index contributed by atoms with van der Waals surface area (Å²) in [5, 5.41) is 10.8. The third-order valence-corrected chi connectivity index (χ3v) is 5.58. The van der Waals surface area contributed by atoms with Crippen molar-refractivity contribution in [3.63, 3.8) is 0 Å². The molecule has 0 saturated carbocycles. The van der Waals surface area contributed by atoms with Crippen LogP contribution in [0.15, 0.2) is 23.5 Å². The van der Waals surface area contributed by atoms with E-state index in [-0.39, 0.29) is 16.2 Å². The van der Waals surface area contributed by atoms with Crippen molar-refractivity contribution in [3.8, 4) is 0 Å². The van der Waals surface area contributed by atoms with Crippen LogP contribution in [0.4, 0.5) is 0 Å². The maximum absolute atomic E-state index is 10.8. The summed E-state index contributed by atoms with van der Waals surface area (Å²) in [6.45, 7) is 15.6. The van der Waals surface area contributed by atoms with Gasteiger partial charge in [-0.15, -0.1) is 0 Å². The first-order valence-electron chi connectivity index (χ1n) is 7.23. The van der Waals surface area contributed by atoms with E-state index in [1.54, 1.807) is 0 Å². The predicted molar refractivity (Wildman–Crippen MR) is 79.7 cm³/mol. The van der Waals surface area contributed by atoms with Crippen LogP contribution in [0.5, 0.6) is 0 Å². The number of aliphatic hydroxyl groups excluding tert-OH is 1. The van der Waals surface area contributed by atoms with Gasteiger partial charge in [0.25, 0.3) is 0 Å². The lowest BCUT2D eigenvalue weighted by atomic mass is 9.58. The smallest absolute Gasteiger partial charge is 0.103 e. The maximum atomic E-state index is 10.8. The Hall–Kier alpha value is -0.720. The van der Waals surface area contributed by atoms with E-state index in [1.165, 1.54) is 0 Å². The fourth-order valence-electron chi connectivity index (χ4n) is 2.61. The molecule has 1 unspecified atom stereocenters. The largest absolute Gasteiger partial charge is 0.511 e. The molecule has 104 valence electrons. The van der Waals surface area contributed by atoms with E-state index in [2.05, 4.69) is 60.6 Å². The quantitative estimate of drug-likeness (QED) is 0.685. The van der Waals surface area contributed by atoms with E-state index >= 15 is 0 Å². The standard InChI is InChI=1S/C17H30O/c1-8-15(3,4)13-11-10-12-17(7,14(13)18)16(5,6)9-2/h10-11,18H,8-9,12H2,1-7H3. The van der Waals surface area contributed by atoms with Gasteiger partial charge in [0.2, 0.25) is 0 Å². The second-order valence-corrected chi connectivity index (χ2v) is 7.18. The molecule has 0 aromatic rings. The van der Waals surface area contributed by atoms with Crippen LogP contribution < -0.4 is 0 Å². The zero-order chi connectivity index (χ0) is 14.2. The van der Waals surface area contributed by atoms with E-state index in [9.17, 15) is 5.11 Å². The molecular formula is C17H30O. The summed E-state index contributed by atoms with van der Waals surface area (Å²) in [4.78, 5) is 0. The topological polar surface area (TPSA) is 20.2 Å². The summed E-state index contributed by atoms with van der Waals surface area (Å²) < 4.78 is 0. The molecule has 0 aromatic heterocycles. The highest BCUT2D eigenvalue weighted by molar-refractivity contribution is 5.36. The van der Waals surface area contributed by atoms with Crippen LogP contribution in [0.2, 0.25) is 0 Å². The molecule has 1 aliphatic carbocycles. The molecule has 0 radical (unpaired) electrons. The van der Waals surface area contributed by atoms with Gasteiger partial charge >= 0.3 is 0 Å². The summed E-state index contributed by atoms with van der Waals surface area (Å²) in [6.07, 6.45) is 7.42. The molecule has 0 fully saturated rings. The maximum Gasteiger partial charge on any atom is 0.103 e. The average molecular weight is 250 g/mol. The van der Waals surface area contributed by atoms with Crippen molar-refractivity contribution in [2.75, 3.05) is 0 Å². The predicted octanol–water partition coefficient (Wildman–Crippen LogP) is 5.64. The first-order chi connectivity index (χ1) is 8.12. The monoisotopic (exact) mass is 250 g/mol. The Kier molecular flexibility index (Phi) is 4.05. The zero-order valence-corrected chi connectivity index (χ0v) is 13.2. The van der Waals surface area contributed by atoms with Gasteiger partial charge in [0.1, 0.15) is 5.76 Å². The first-order valence-corrected chi connectivity index (χ1v) is 7.23. The van der Waals surface area contributed by atoms with E-state index < -0.39 is 0 Å². The van der Waals surface area contributed by atoms with Crippen LogP contribution in [-0.2, 0) is 0 Å². The highest BCUT2D eigenvalue weighted by atomic mass is 16.3. The van der Waals surface area contributed by atoms with Gasteiger partial charge in [-0.25, -0.2) is 0 Å². The average Bonchev–Trinajstić information content (AvgIpc) is 2.32. The molecule has 1 aliphatic rings. The Balaban J connectivity index is 3.33. The van der Waals surface area contributed by atoms with Gasteiger partial charge in [0.05, 0.1) is 0 Å². The summed E-state index contributed by atoms with van der Waals surface area (Å²) in [7, 11) is 0. The first kappa shape index (κ1) is 15.3. The molecule has 1 nitrogen and oxygen atoms in total. The fraction of sp³-hybridized carbons (Fsp3) is 0.765. The van der Waals surface area contributed by atoms with Crippen molar-refractivity contribution in [2.45, 2.75) is 67.7 Å². The molecule has 0 spiro atoms. The van der Waals surface area contributed by atoms with Crippen LogP contribution in [0.3, 0.4) is 0 Å². The molecular weight excluding hydrogens is 220 g/mol. The van der Waals surface area contributed by atoms with Crippen LogP contribution in [0.25, 0.3) is 0 Å². The Morgan fingerprint density at radius 1 is 1.17 bits per heavy atom. The van der Waals surface area contributed by atoms with E-state index in [4.69, 9.17) is 0 Å². The lowest BCUT2D eigenvalue weighted by Crippen LogP contribution is -2.39. The molecule has 18 heavy (non-hydrogen) atoms. The molecule has 1 N–H and O–H groups in total. The van der Waals surface area contributed by atoms with Gasteiger partial charge in [-0.05, 0) is 29.2 Å². The molecule has 0 heterocycles. The second kappa shape index (κ2) is 4.75. The number of hydrogen-bond acceptors (Lipinski definition) is 1. The fourth-order valence-corrected chi connectivity index (χ4v) is 2.61. The Bertz CT molecular complexity index is 371. The van der Waals surface area contributed by atoms with Crippen molar-refractivity contribution in [1.29, 1.82) is 0 Å². The summed E-state index contributed by atoms with van der Waals surface area (Å²) >= 11 is 0. The third kappa shape index (κ3) is 2.24. The minimum Gasteiger partial charge on any atom is -0.511 e. The van der Waals surface area contributed by atoms with E-state index in [1.807, 2.05) is 0 Å². The van der Waals surface area contributed by atoms with Crippen LogP contribution in [-0.4, -0.2) is 5.11 Å². The summed E-state index contributed by atoms with van der Waals surface area (Å²) in [5.74, 6) is 0.615. The van der Waals surface area contributed by atoms with Gasteiger partial charge in [-0.3, -0.25) is 0 Å². The van der Waals surface area contributed by atoms with Crippen LogP contribution in [0, 0.1) is 16.2 Å². The van der Waals surface area contributed by atoms with Crippen molar-refractivity contribution >= 4 is 0 Å². The van der Waals surface area contributed by atoms with Crippen LogP contribution >= 0.6 is 0 Å². The van der Waals surface area contributed by atoms with Gasteiger partial charge in [-0.2, -0.15) is 0 Å². The van der Waals surface area contributed by atoms with Crippen molar-refractivity contribution in [1.82, 2.24) is 0 Å². The normalized spacial score (nSPS) is 25.7. The van der Waals surface area contributed by atoms with Gasteiger partial charge in [0, 0.05) is 5.41 Å². The Morgan fingerprint density at radius 2 is 1.72 bits per heavy atom. The molecule has 0 bridgehead atoms. The Labute approximate surface area is 113 Å². The number of allylic oxidation sites excluding steroid dienone is 4. The summed E-state index contributed by atoms with van der Waals surface area (Å²) in [5.41, 5.74) is 1.14. The minimum absolute atomic E-state index is 0.0477. The lowest BCUT2D eigenvalue weighted by Gasteiger charge is -2.46. The molecule has 0 saturated heterocycles. The number of rotatable bonds is 4. The highest BCUT2D eigenvalue weighted by Crippen LogP contribution is 2.53. The molecule has 1 rings (SSSR count). The van der Waals surface area contributed by atoms with Gasteiger partial charge in [0.15, 0.2) is 0 Å². The van der Waals surface area contributed by atoms with Crippen LogP contribution in [0.1, 0.15) is 67.7 Å². The molecule has 0 amide bonds. The second-order valence-electron chi connectivity index (χ2n) is 7.18. The summed E-state index contributed by atoms with van der Waals surface area (Å²) in [6, 6.07) is 0. The Morgan fingerprint density at radius 3 is 2.17 bits per heavy atom. The third-order valence-electron chi connectivity index (χ3n) is 5.58. The van der Waals surface area contributed by atoms with E-state index in [0.29, 0.717) is 5.76 Å². The number of hydrogen-bond donors (Lipinski definition) is 1. The minimum atomic E-state index is -0.141. The lowest BCUT2D eigenvalue weighted by molar-refractivity contribution is 0.0678. The molecule has 0 aromatic carbocycles. The van der Waals surface area contributed by atoms with Gasteiger partial charge in [-0.1, -0.05) is 67.0 Å². The molecule has 0 aliphatic heterocycles. The van der Waals surface area contributed by atoms with E-state index in [0.717, 1.165) is 24.8 Å². The van der Waals surface area contributed by atoms with Crippen molar-refractivity contribution in [2.24, 2.45) is 16.2 Å². The molecule has 1 heteroatoms. The highest BCUT2D eigenvalue weighted by Gasteiger charge is 2.46. The van der Waals surface area contributed by atoms with Gasteiger partial charge < -0.3 is 5.11 Å². The zero-order valence-electron chi connectivity index (χ0n) is 13.2. The number of aliphatic hydroxyl groups is 1. The van der Waals surface area contributed by atoms with Crippen molar-refractivity contribution < 1.29 is 5.11 Å². The SMILES string of the molecule is CCC(C)(C)C1=C(O)C(C)(C(C)(C)CC)CC=C1. The van der Waals surface area contributed by atoms with Crippen molar-refractivity contribution in [3.05, 3.63) is 23.5 Å².